The van der Waals surface area contributed by atoms with Crippen molar-refractivity contribution in [3.8, 4) is 11.8 Å². The molecule has 0 atom stereocenters. The average molecular weight is 159 g/mol. The number of hydrogen-bond acceptors (Lipinski definition) is 1. The highest BCUT2D eigenvalue weighted by molar-refractivity contribution is 5.57. The van der Waals surface area contributed by atoms with Crippen LogP contribution in [0.4, 0.5) is 5.69 Å². The molecule has 1 heteroatoms. The Morgan fingerprint density at radius 1 is 1.17 bits per heavy atom. The molecule has 1 nitrogen and oxygen atoms in total. The molecule has 1 rings (SSSR count). The second-order valence-corrected chi connectivity index (χ2v) is 2.90. The maximum absolute atomic E-state index is 5.80. The van der Waals surface area contributed by atoms with Gasteiger partial charge in [-0.3, -0.25) is 0 Å². The number of nitrogens with two attached hydrogens (primary N) is 1. The van der Waals surface area contributed by atoms with E-state index in [1.54, 1.807) is 0 Å². The van der Waals surface area contributed by atoms with Gasteiger partial charge in [-0.05, 0) is 44.0 Å². The first-order valence-corrected chi connectivity index (χ1v) is 3.94. The van der Waals surface area contributed by atoms with Gasteiger partial charge < -0.3 is 5.73 Å². The Bertz CT molecular complexity index is 330. The summed E-state index contributed by atoms with van der Waals surface area (Å²) in [7, 11) is 0. The summed E-state index contributed by atoms with van der Waals surface area (Å²) in [5.74, 6) is 5.88. The van der Waals surface area contributed by atoms with Gasteiger partial charge in [-0.15, -0.1) is 5.92 Å². The van der Waals surface area contributed by atoms with Crippen LogP contribution in [0.2, 0.25) is 0 Å². The first-order valence-electron chi connectivity index (χ1n) is 3.94. The lowest BCUT2D eigenvalue weighted by Gasteiger charge is -2.04. The molecular weight excluding hydrogens is 146 g/mol. The molecule has 0 heterocycles. The van der Waals surface area contributed by atoms with Gasteiger partial charge in [0.1, 0.15) is 0 Å². The van der Waals surface area contributed by atoms with Gasteiger partial charge in [0.2, 0.25) is 0 Å². The van der Waals surface area contributed by atoms with Gasteiger partial charge in [0.15, 0.2) is 0 Å². The van der Waals surface area contributed by atoms with Gasteiger partial charge in [0.25, 0.3) is 0 Å². The fourth-order valence-corrected chi connectivity index (χ4v) is 1.19. The average Bonchev–Trinajstić information content (AvgIpc) is 2.01. The predicted molar refractivity (Wildman–Crippen MR) is 52.9 cm³/mol. The Balaban J connectivity index is 3.27. The topological polar surface area (TPSA) is 26.0 Å². The Morgan fingerprint density at radius 3 is 2.08 bits per heavy atom. The van der Waals surface area contributed by atoms with E-state index in [1.165, 1.54) is 0 Å². The molecule has 0 fully saturated rings. The van der Waals surface area contributed by atoms with Gasteiger partial charge >= 0.3 is 0 Å². The third kappa shape index (κ3) is 1.60. The molecule has 62 valence electrons. The second-order valence-electron chi connectivity index (χ2n) is 2.90. The number of benzene rings is 1. The van der Waals surface area contributed by atoms with Gasteiger partial charge in [-0.1, -0.05) is 5.92 Å². The largest absolute Gasteiger partial charge is 0.398 e. The van der Waals surface area contributed by atoms with E-state index in [-0.39, 0.29) is 0 Å². The van der Waals surface area contributed by atoms with Crippen molar-refractivity contribution in [3.63, 3.8) is 0 Å². The normalized spacial score (nSPS) is 8.92. The first kappa shape index (κ1) is 8.67. The van der Waals surface area contributed by atoms with Crippen LogP contribution in [0.15, 0.2) is 12.1 Å². The highest BCUT2D eigenvalue weighted by atomic mass is 14.6. The summed E-state index contributed by atoms with van der Waals surface area (Å²) in [5.41, 5.74) is 9.92. The highest BCUT2D eigenvalue weighted by Gasteiger charge is 1.98. The molecule has 0 radical (unpaired) electrons. The molecule has 1 aromatic carbocycles. The molecule has 0 aliphatic carbocycles. The zero-order chi connectivity index (χ0) is 9.14. The molecule has 0 aliphatic rings. The zero-order valence-electron chi connectivity index (χ0n) is 7.73. The monoisotopic (exact) mass is 159 g/mol. The van der Waals surface area contributed by atoms with Crippen LogP contribution < -0.4 is 5.73 Å². The number of anilines is 1. The molecule has 0 aromatic heterocycles. The lowest BCUT2D eigenvalue weighted by atomic mass is 10.1. The summed E-state index contributed by atoms with van der Waals surface area (Å²) >= 11 is 0. The fraction of sp³-hybridized carbons (Fsp3) is 0.273. The van der Waals surface area contributed by atoms with Crippen LogP contribution in [0.3, 0.4) is 0 Å². The van der Waals surface area contributed by atoms with Crippen molar-refractivity contribution in [1.29, 1.82) is 0 Å². The van der Waals surface area contributed by atoms with Gasteiger partial charge in [0.05, 0.1) is 0 Å². The second kappa shape index (κ2) is 3.32. The van der Waals surface area contributed by atoms with E-state index < -0.39 is 0 Å². The van der Waals surface area contributed by atoms with Crippen molar-refractivity contribution < 1.29 is 0 Å². The molecule has 0 saturated carbocycles. The minimum Gasteiger partial charge on any atom is -0.398 e. The minimum atomic E-state index is 0.872. The van der Waals surface area contributed by atoms with Gasteiger partial charge in [0, 0.05) is 11.3 Å². The molecule has 0 amide bonds. The lowest BCUT2D eigenvalue weighted by molar-refractivity contribution is 1.37. The van der Waals surface area contributed by atoms with E-state index in [9.17, 15) is 0 Å². The zero-order valence-corrected chi connectivity index (χ0v) is 7.73. The Hall–Kier alpha value is -1.42. The smallest absolute Gasteiger partial charge is 0.0374 e. The number of aryl methyl sites for hydroxylation is 2. The van der Waals surface area contributed by atoms with Gasteiger partial charge in [-0.2, -0.15) is 0 Å². The number of nitrogen functional groups attached to an aromatic ring is 1. The van der Waals surface area contributed by atoms with Crippen LogP contribution in [0, 0.1) is 25.7 Å². The molecular formula is C11H13N. The summed E-state index contributed by atoms with van der Waals surface area (Å²) in [6, 6.07) is 4.03. The number of rotatable bonds is 0. The fourth-order valence-electron chi connectivity index (χ4n) is 1.19. The summed E-state index contributed by atoms with van der Waals surface area (Å²) in [6.45, 7) is 5.84. The third-order valence-corrected chi connectivity index (χ3v) is 1.86. The van der Waals surface area contributed by atoms with Crippen molar-refractivity contribution in [2.24, 2.45) is 0 Å². The lowest BCUT2D eigenvalue weighted by Crippen LogP contribution is -1.94. The molecule has 0 spiro atoms. The van der Waals surface area contributed by atoms with Crippen molar-refractivity contribution in [2.75, 3.05) is 5.73 Å². The van der Waals surface area contributed by atoms with Crippen molar-refractivity contribution >= 4 is 5.69 Å². The van der Waals surface area contributed by atoms with Gasteiger partial charge in [-0.25, -0.2) is 0 Å². The molecule has 0 bridgehead atoms. The molecule has 1 aromatic rings. The summed E-state index contributed by atoms with van der Waals surface area (Å²) in [5, 5.41) is 0. The standard InChI is InChI=1S/C11H13N/c1-4-5-10-6-8(2)11(12)9(3)7-10/h6-7H,12H2,1-3H3. The van der Waals surface area contributed by atoms with E-state index in [0.717, 1.165) is 22.4 Å². The first-order chi connectivity index (χ1) is 5.65. The quantitative estimate of drug-likeness (QED) is 0.456. The molecule has 0 aliphatic heterocycles. The van der Waals surface area contributed by atoms with Crippen LogP contribution >= 0.6 is 0 Å². The summed E-state index contributed by atoms with van der Waals surface area (Å²) in [6.07, 6.45) is 0. The van der Waals surface area contributed by atoms with E-state index in [4.69, 9.17) is 5.73 Å². The summed E-state index contributed by atoms with van der Waals surface area (Å²) in [4.78, 5) is 0. The third-order valence-electron chi connectivity index (χ3n) is 1.86. The maximum Gasteiger partial charge on any atom is 0.0374 e. The SMILES string of the molecule is CC#Cc1cc(C)c(N)c(C)c1. The molecule has 0 saturated heterocycles. The van der Waals surface area contributed by atoms with Crippen molar-refractivity contribution in [1.82, 2.24) is 0 Å². The van der Waals surface area contributed by atoms with Crippen LogP contribution in [-0.2, 0) is 0 Å². The van der Waals surface area contributed by atoms with Crippen molar-refractivity contribution in [2.45, 2.75) is 20.8 Å². The molecule has 2 N–H and O–H groups in total. The minimum absolute atomic E-state index is 0.872. The molecule has 0 unspecified atom stereocenters. The van der Waals surface area contributed by atoms with Crippen LogP contribution in [-0.4, -0.2) is 0 Å². The highest BCUT2D eigenvalue weighted by Crippen LogP contribution is 2.17. The van der Waals surface area contributed by atoms with Crippen molar-refractivity contribution in [3.05, 3.63) is 28.8 Å². The van der Waals surface area contributed by atoms with E-state index in [2.05, 4.69) is 11.8 Å². The molecule has 12 heavy (non-hydrogen) atoms. The Morgan fingerprint density at radius 2 is 1.67 bits per heavy atom. The predicted octanol–water partition coefficient (Wildman–Crippen LogP) is 2.26. The maximum atomic E-state index is 5.80. The Labute approximate surface area is 73.6 Å². The Kier molecular flexibility index (Phi) is 2.40. The van der Waals surface area contributed by atoms with Crippen LogP contribution in [0.1, 0.15) is 23.6 Å². The van der Waals surface area contributed by atoms with Crippen LogP contribution in [0.25, 0.3) is 0 Å². The number of hydrogen-bond donors (Lipinski definition) is 1. The van der Waals surface area contributed by atoms with E-state index in [0.29, 0.717) is 0 Å². The van der Waals surface area contributed by atoms with E-state index >= 15 is 0 Å². The summed E-state index contributed by atoms with van der Waals surface area (Å²) < 4.78 is 0. The van der Waals surface area contributed by atoms with E-state index in [1.807, 2.05) is 32.9 Å². The van der Waals surface area contributed by atoms with Crippen LogP contribution in [0.5, 0.6) is 0 Å².